The molecule has 4 nitrogen and oxygen atoms in total. The van der Waals surface area contributed by atoms with Crippen molar-refractivity contribution in [1.29, 1.82) is 0 Å². The molecular weight excluding hydrogens is 276 g/mol. The van der Waals surface area contributed by atoms with Gasteiger partial charge < -0.3 is 20.9 Å². The molecule has 0 saturated heterocycles. The van der Waals surface area contributed by atoms with E-state index in [1.807, 2.05) is 62.4 Å². The van der Waals surface area contributed by atoms with Gasteiger partial charge in [-0.25, -0.2) is 0 Å². The molecule has 0 aliphatic rings. The van der Waals surface area contributed by atoms with Crippen LogP contribution in [0, 0.1) is 0 Å². The van der Waals surface area contributed by atoms with E-state index in [1.54, 1.807) is 0 Å². The predicted molar refractivity (Wildman–Crippen MR) is 89.1 cm³/mol. The molecule has 0 saturated carbocycles. The molecule has 2 aromatic carbocycles. The summed E-state index contributed by atoms with van der Waals surface area (Å²) >= 11 is 0. The topological polar surface area (TPSA) is 70.5 Å². The van der Waals surface area contributed by atoms with Gasteiger partial charge in [-0.15, -0.1) is 0 Å². The molecule has 0 spiro atoms. The Morgan fingerprint density at radius 1 is 0.682 bits per heavy atom. The molecule has 0 aliphatic carbocycles. The van der Waals surface area contributed by atoms with Crippen LogP contribution in [0.15, 0.2) is 48.5 Å². The van der Waals surface area contributed by atoms with Crippen molar-refractivity contribution in [2.45, 2.75) is 25.9 Å². The van der Waals surface area contributed by atoms with Crippen molar-refractivity contribution in [2.75, 3.05) is 13.2 Å². The molecule has 0 aliphatic heterocycles. The van der Waals surface area contributed by atoms with Gasteiger partial charge in [-0.3, -0.25) is 0 Å². The zero-order chi connectivity index (χ0) is 15.9. The maximum absolute atomic E-state index is 6.29. The number of rotatable bonds is 7. The van der Waals surface area contributed by atoms with E-state index < -0.39 is 0 Å². The first-order valence-corrected chi connectivity index (χ1v) is 7.62. The van der Waals surface area contributed by atoms with Crippen LogP contribution in [-0.2, 0) is 0 Å². The minimum absolute atomic E-state index is 0.270. The zero-order valence-electron chi connectivity index (χ0n) is 13.2. The van der Waals surface area contributed by atoms with E-state index in [4.69, 9.17) is 20.9 Å². The first-order valence-electron chi connectivity index (χ1n) is 7.62. The quantitative estimate of drug-likeness (QED) is 0.824. The Hall–Kier alpha value is -2.04. The van der Waals surface area contributed by atoms with Gasteiger partial charge in [-0.1, -0.05) is 24.3 Å². The number of nitrogens with two attached hydrogens (primary N) is 2. The number of ether oxygens (including phenoxy) is 2. The predicted octanol–water partition coefficient (Wildman–Crippen LogP) is 3.18. The largest absolute Gasteiger partial charge is 0.494 e. The average molecular weight is 300 g/mol. The Morgan fingerprint density at radius 3 is 1.27 bits per heavy atom. The number of hydrogen-bond donors (Lipinski definition) is 2. The molecular formula is C18H24N2O2. The molecule has 4 heteroatoms. The van der Waals surface area contributed by atoms with Crippen LogP contribution in [0.5, 0.6) is 11.5 Å². The van der Waals surface area contributed by atoms with Crippen molar-refractivity contribution < 1.29 is 9.47 Å². The summed E-state index contributed by atoms with van der Waals surface area (Å²) in [6.45, 7) is 5.22. The first kappa shape index (κ1) is 16.3. The first-order chi connectivity index (χ1) is 10.7. The number of hydrogen-bond acceptors (Lipinski definition) is 4. The Balaban J connectivity index is 2.08. The van der Waals surface area contributed by atoms with Crippen LogP contribution in [0.4, 0.5) is 0 Å². The van der Waals surface area contributed by atoms with Crippen molar-refractivity contribution >= 4 is 0 Å². The van der Waals surface area contributed by atoms with Crippen LogP contribution in [0.2, 0.25) is 0 Å². The average Bonchev–Trinajstić information content (AvgIpc) is 2.55. The Labute approximate surface area is 132 Å². The molecule has 0 heterocycles. The van der Waals surface area contributed by atoms with Crippen molar-refractivity contribution in [3.05, 3.63) is 59.7 Å². The van der Waals surface area contributed by atoms with E-state index in [-0.39, 0.29) is 12.1 Å². The second kappa shape index (κ2) is 7.82. The van der Waals surface area contributed by atoms with Crippen molar-refractivity contribution in [3.8, 4) is 11.5 Å². The molecule has 118 valence electrons. The van der Waals surface area contributed by atoms with Crippen LogP contribution in [0.1, 0.15) is 37.1 Å². The molecule has 0 radical (unpaired) electrons. The highest BCUT2D eigenvalue weighted by molar-refractivity contribution is 5.34. The molecule has 0 amide bonds. The van der Waals surface area contributed by atoms with Gasteiger partial charge in [0.1, 0.15) is 11.5 Å². The molecule has 0 unspecified atom stereocenters. The van der Waals surface area contributed by atoms with E-state index in [2.05, 4.69) is 0 Å². The van der Waals surface area contributed by atoms with E-state index in [1.165, 1.54) is 0 Å². The smallest absolute Gasteiger partial charge is 0.119 e. The summed E-state index contributed by atoms with van der Waals surface area (Å²) in [4.78, 5) is 0. The second-order valence-corrected chi connectivity index (χ2v) is 5.06. The standard InChI is InChI=1S/C18H24N2O2/c1-3-21-15-9-5-13(6-10-15)17(19)18(20)14-7-11-16(12-8-14)22-4-2/h5-12,17-18H,3-4,19-20H2,1-2H3/t17-,18+. The number of benzene rings is 2. The van der Waals surface area contributed by atoms with Gasteiger partial charge in [0.25, 0.3) is 0 Å². The van der Waals surface area contributed by atoms with Gasteiger partial charge in [0, 0.05) is 12.1 Å². The second-order valence-electron chi connectivity index (χ2n) is 5.06. The van der Waals surface area contributed by atoms with Crippen LogP contribution >= 0.6 is 0 Å². The summed E-state index contributed by atoms with van der Waals surface area (Å²) in [6.07, 6.45) is 0. The molecule has 0 fully saturated rings. The fraction of sp³-hybridized carbons (Fsp3) is 0.333. The van der Waals surface area contributed by atoms with Gasteiger partial charge in [-0.2, -0.15) is 0 Å². The summed E-state index contributed by atoms with van der Waals surface area (Å²) < 4.78 is 10.9. The summed E-state index contributed by atoms with van der Waals surface area (Å²) in [6, 6.07) is 15.0. The molecule has 0 bridgehead atoms. The van der Waals surface area contributed by atoms with Crippen LogP contribution in [-0.4, -0.2) is 13.2 Å². The summed E-state index contributed by atoms with van der Waals surface area (Å²) in [7, 11) is 0. The third-order valence-electron chi connectivity index (χ3n) is 3.54. The summed E-state index contributed by atoms with van der Waals surface area (Å²) in [5, 5.41) is 0. The monoisotopic (exact) mass is 300 g/mol. The Bertz CT molecular complexity index is 513. The SMILES string of the molecule is CCOc1ccc([C@@H](N)[C@@H](N)c2ccc(OCC)cc2)cc1. The van der Waals surface area contributed by atoms with E-state index in [0.29, 0.717) is 13.2 Å². The van der Waals surface area contributed by atoms with E-state index in [0.717, 1.165) is 22.6 Å². The highest BCUT2D eigenvalue weighted by atomic mass is 16.5. The van der Waals surface area contributed by atoms with Crippen LogP contribution < -0.4 is 20.9 Å². The fourth-order valence-corrected chi connectivity index (χ4v) is 2.32. The lowest BCUT2D eigenvalue weighted by molar-refractivity contribution is 0.339. The molecule has 2 aromatic rings. The maximum atomic E-state index is 6.29. The van der Waals surface area contributed by atoms with Crippen LogP contribution in [0.3, 0.4) is 0 Å². The molecule has 4 N–H and O–H groups in total. The third-order valence-corrected chi connectivity index (χ3v) is 3.54. The fourth-order valence-electron chi connectivity index (χ4n) is 2.32. The lowest BCUT2D eigenvalue weighted by atomic mass is 9.95. The zero-order valence-corrected chi connectivity index (χ0v) is 13.2. The van der Waals surface area contributed by atoms with E-state index in [9.17, 15) is 0 Å². The molecule has 22 heavy (non-hydrogen) atoms. The summed E-state index contributed by atoms with van der Waals surface area (Å²) in [5.74, 6) is 1.68. The normalized spacial score (nSPS) is 13.5. The molecule has 2 atom stereocenters. The molecule has 0 aromatic heterocycles. The lowest BCUT2D eigenvalue weighted by Gasteiger charge is -2.21. The Morgan fingerprint density at radius 2 is 1.00 bits per heavy atom. The van der Waals surface area contributed by atoms with E-state index >= 15 is 0 Å². The minimum atomic E-state index is -0.270. The van der Waals surface area contributed by atoms with Gasteiger partial charge >= 0.3 is 0 Å². The van der Waals surface area contributed by atoms with Gasteiger partial charge in [0.2, 0.25) is 0 Å². The maximum Gasteiger partial charge on any atom is 0.119 e. The highest BCUT2D eigenvalue weighted by Gasteiger charge is 2.17. The van der Waals surface area contributed by atoms with Crippen molar-refractivity contribution in [1.82, 2.24) is 0 Å². The van der Waals surface area contributed by atoms with Gasteiger partial charge in [0.15, 0.2) is 0 Å². The van der Waals surface area contributed by atoms with Gasteiger partial charge in [-0.05, 0) is 49.2 Å². The summed E-state index contributed by atoms with van der Waals surface area (Å²) in [5.41, 5.74) is 14.6. The lowest BCUT2D eigenvalue weighted by Crippen LogP contribution is -2.26. The van der Waals surface area contributed by atoms with Crippen LogP contribution in [0.25, 0.3) is 0 Å². The van der Waals surface area contributed by atoms with Crippen molar-refractivity contribution in [2.24, 2.45) is 11.5 Å². The minimum Gasteiger partial charge on any atom is -0.494 e. The third kappa shape index (κ3) is 4.00. The Kier molecular flexibility index (Phi) is 5.81. The van der Waals surface area contributed by atoms with Gasteiger partial charge in [0.05, 0.1) is 13.2 Å². The van der Waals surface area contributed by atoms with Crippen molar-refractivity contribution in [3.63, 3.8) is 0 Å². The molecule has 2 rings (SSSR count). The highest BCUT2D eigenvalue weighted by Crippen LogP contribution is 2.27.